The Labute approximate surface area is 143 Å². The molecule has 0 saturated heterocycles. The van der Waals surface area contributed by atoms with Crippen LogP contribution in [0.5, 0.6) is 0 Å². The van der Waals surface area contributed by atoms with Gasteiger partial charge < -0.3 is 15.3 Å². The molecule has 0 bridgehead atoms. The molecule has 26 heavy (non-hydrogen) atoms. The Balaban J connectivity index is 2.49. The number of aromatic nitrogens is 2. The van der Waals surface area contributed by atoms with Crippen molar-refractivity contribution in [2.45, 2.75) is 19.1 Å². The number of carbonyl (C=O) groups is 2. The van der Waals surface area contributed by atoms with Gasteiger partial charge in [0.1, 0.15) is 11.7 Å². The maximum absolute atomic E-state index is 13.5. The van der Waals surface area contributed by atoms with Crippen LogP contribution in [0.25, 0.3) is 16.8 Å². The topological polar surface area (TPSA) is 111 Å². The zero-order valence-electron chi connectivity index (χ0n) is 13.2. The minimum atomic E-state index is -4.81. The van der Waals surface area contributed by atoms with Crippen LogP contribution < -0.4 is 5.73 Å². The van der Waals surface area contributed by atoms with E-state index in [2.05, 4.69) is 4.98 Å². The van der Waals surface area contributed by atoms with Crippen molar-refractivity contribution >= 4 is 17.4 Å². The fourth-order valence-corrected chi connectivity index (χ4v) is 2.64. The first-order valence-electron chi connectivity index (χ1n) is 7.26. The molecule has 0 aromatic carbocycles. The molecule has 3 rings (SSSR count). The summed E-state index contributed by atoms with van der Waals surface area (Å²) < 4.78 is 46.4. The molecule has 0 fully saturated rings. The molecule has 3 aromatic rings. The second kappa shape index (κ2) is 5.99. The van der Waals surface area contributed by atoms with Gasteiger partial charge in [0.15, 0.2) is 11.5 Å². The van der Waals surface area contributed by atoms with E-state index in [1.165, 1.54) is 25.5 Å². The number of carboxylic acids is 1. The number of imidazole rings is 1. The van der Waals surface area contributed by atoms with Crippen LogP contribution in [0.4, 0.5) is 13.2 Å². The number of carbonyl (C=O) groups excluding carboxylic acids is 1. The molecule has 3 heterocycles. The average molecular weight is 367 g/mol. The van der Waals surface area contributed by atoms with Crippen LogP contribution in [0.3, 0.4) is 0 Å². The molecule has 0 saturated carbocycles. The monoisotopic (exact) mass is 367 g/mol. The maximum Gasteiger partial charge on any atom is 0.420 e. The minimum absolute atomic E-state index is 0.00406. The lowest BCUT2D eigenvalue weighted by Crippen LogP contribution is -2.23. The predicted molar refractivity (Wildman–Crippen MR) is 82.5 cm³/mol. The number of nitrogens with two attached hydrogens (primary N) is 1. The highest BCUT2D eigenvalue weighted by molar-refractivity contribution is 5.88. The molecule has 3 aromatic heterocycles. The number of ketones is 1. The van der Waals surface area contributed by atoms with Gasteiger partial charge in [0.25, 0.3) is 0 Å². The van der Waals surface area contributed by atoms with Gasteiger partial charge in [0, 0.05) is 17.3 Å². The van der Waals surface area contributed by atoms with Gasteiger partial charge in [-0.2, -0.15) is 13.2 Å². The lowest BCUT2D eigenvalue weighted by Gasteiger charge is -2.19. The third-order valence-corrected chi connectivity index (χ3v) is 3.86. The quantitative estimate of drug-likeness (QED) is 0.734. The summed E-state index contributed by atoms with van der Waals surface area (Å²) in [4.78, 5) is 26.6. The number of nitrogens with zero attached hydrogens (tertiary/aromatic N) is 2. The van der Waals surface area contributed by atoms with E-state index in [4.69, 9.17) is 15.3 Å². The summed E-state index contributed by atoms with van der Waals surface area (Å²) in [6, 6.07) is 0.907. The van der Waals surface area contributed by atoms with Gasteiger partial charge in [-0.25, -0.2) is 9.78 Å². The highest BCUT2D eigenvalue weighted by atomic mass is 19.4. The summed E-state index contributed by atoms with van der Waals surface area (Å²) in [6.07, 6.45) is -1.44. The van der Waals surface area contributed by atoms with Crippen LogP contribution in [0, 0.1) is 0 Å². The van der Waals surface area contributed by atoms with Crippen LogP contribution in [0.1, 0.15) is 34.7 Å². The van der Waals surface area contributed by atoms with Crippen molar-refractivity contribution < 1.29 is 32.3 Å². The molecule has 3 N–H and O–H groups in total. The van der Waals surface area contributed by atoms with Crippen LogP contribution in [-0.4, -0.2) is 26.2 Å². The van der Waals surface area contributed by atoms with Gasteiger partial charge >= 0.3 is 12.1 Å². The Morgan fingerprint density at radius 1 is 1.38 bits per heavy atom. The van der Waals surface area contributed by atoms with Crippen molar-refractivity contribution in [3.8, 4) is 11.1 Å². The smallest absolute Gasteiger partial charge is 0.420 e. The first-order valence-corrected chi connectivity index (χ1v) is 7.26. The summed E-state index contributed by atoms with van der Waals surface area (Å²) >= 11 is 0. The van der Waals surface area contributed by atoms with Crippen molar-refractivity contribution in [3.63, 3.8) is 0 Å². The zero-order valence-corrected chi connectivity index (χ0v) is 13.2. The molecule has 0 radical (unpaired) electrons. The third-order valence-electron chi connectivity index (χ3n) is 3.86. The SMILES string of the molecule is CC(=O)C(N)c1c(-c2ccoc2)cc(C(F)(F)F)c2nc(C(=O)O)cn12. The lowest BCUT2D eigenvalue weighted by molar-refractivity contribution is -0.136. The second-order valence-corrected chi connectivity index (χ2v) is 5.58. The Kier molecular flexibility index (Phi) is 4.07. The van der Waals surface area contributed by atoms with Crippen LogP contribution >= 0.6 is 0 Å². The van der Waals surface area contributed by atoms with Crippen molar-refractivity contribution in [3.05, 3.63) is 47.8 Å². The Bertz CT molecular complexity index is 1010. The molecule has 0 spiro atoms. The third kappa shape index (κ3) is 2.84. The number of furan rings is 1. The van der Waals surface area contributed by atoms with Gasteiger partial charge in [0.2, 0.25) is 0 Å². The standard InChI is InChI=1S/C16H12F3N3O4/c1-7(23)12(20)13-9(8-2-3-26-6-8)4-10(16(17,18)19)14-21-11(15(24)25)5-22(13)14/h2-6,12H,20H2,1H3,(H,24,25). The van der Waals surface area contributed by atoms with Crippen molar-refractivity contribution in [2.75, 3.05) is 0 Å². The largest absolute Gasteiger partial charge is 0.476 e. The summed E-state index contributed by atoms with van der Waals surface area (Å²) in [5.74, 6) is -2.02. The molecule has 1 atom stereocenters. The molecule has 1 unspecified atom stereocenters. The van der Waals surface area contributed by atoms with E-state index in [0.717, 1.165) is 16.7 Å². The normalized spacial score (nSPS) is 13.1. The zero-order chi connectivity index (χ0) is 19.2. The van der Waals surface area contributed by atoms with Crippen LogP contribution in [-0.2, 0) is 11.0 Å². The molecule has 0 amide bonds. The van der Waals surface area contributed by atoms with E-state index in [1.54, 1.807) is 0 Å². The number of Topliss-reactive ketones (excluding diaryl/α,β-unsaturated/α-hetero) is 1. The van der Waals surface area contributed by atoms with E-state index >= 15 is 0 Å². The number of rotatable bonds is 4. The fraction of sp³-hybridized carbons (Fsp3) is 0.188. The lowest BCUT2D eigenvalue weighted by atomic mass is 9.98. The summed E-state index contributed by atoms with van der Waals surface area (Å²) in [7, 11) is 0. The minimum Gasteiger partial charge on any atom is -0.476 e. The molecule has 0 aliphatic carbocycles. The van der Waals surface area contributed by atoms with Gasteiger partial charge in [-0.05, 0) is 19.1 Å². The summed E-state index contributed by atoms with van der Waals surface area (Å²) in [5, 5.41) is 9.10. The van der Waals surface area contributed by atoms with Crippen molar-refractivity contribution in [2.24, 2.45) is 5.73 Å². The van der Waals surface area contributed by atoms with Gasteiger partial charge in [-0.3, -0.25) is 9.20 Å². The predicted octanol–water partition coefficient (Wildman–Crippen LogP) is 2.90. The highest BCUT2D eigenvalue weighted by Gasteiger charge is 2.37. The number of hydrogen-bond acceptors (Lipinski definition) is 5. The molecule has 136 valence electrons. The molecule has 0 aliphatic rings. The van der Waals surface area contributed by atoms with Gasteiger partial charge in [-0.15, -0.1) is 0 Å². The van der Waals surface area contributed by atoms with Crippen LogP contribution in [0.2, 0.25) is 0 Å². The molecule has 0 aliphatic heterocycles. The molecular weight excluding hydrogens is 355 g/mol. The number of hydrogen-bond donors (Lipinski definition) is 2. The number of halogens is 3. The number of carboxylic acid groups (broad SMARTS) is 1. The number of aromatic carboxylic acids is 1. The number of pyridine rings is 1. The van der Waals surface area contributed by atoms with E-state index in [9.17, 15) is 22.8 Å². The maximum atomic E-state index is 13.5. The van der Waals surface area contributed by atoms with E-state index in [1.807, 2.05) is 0 Å². The Hall–Kier alpha value is -3.14. The second-order valence-electron chi connectivity index (χ2n) is 5.58. The van der Waals surface area contributed by atoms with E-state index in [-0.39, 0.29) is 16.8 Å². The number of alkyl halides is 3. The van der Waals surface area contributed by atoms with Gasteiger partial charge in [-0.1, -0.05) is 0 Å². The van der Waals surface area contributed by atoms with Crippen molar-refractivity contribution in [1.29, 1.82) is 0 Å². The Morgan fingerprint density at radius 2 is 2.08 bits per heavy atom. The fourth-order valence-electron chi connectivity index (χ4n) is 2.64. The highest BCUT2D eigenvalue weighted by Crippen LogP contribution is 2.38. The van der Waals surface area contributed by atoms with Crippen molar-refractivity contribution in [1.82, 2.24) is 9.38 Å². The molecule has 10 heteroatoms. The molecular formula is C16H12F3N3O4. The van der Waals surface area contributed by atoms with E-state index < -0.39 is 40.9 Å². The first kappa shape index (κ1) is 17.7. The first-order chi connectivity index (χ1) is 12.1. The molecule has 7 nitrogen and oxygen atoms in total. The average Bonchev–Trinajstić information content (AvgIpc) is 3.20. The Morgan fingerprint density at radius 3 is 2.58 bits per heavy atom. The van der Waals surface area contributed by atoms with E-state index in [0.29, 0.717) is 0 Å². The van der Waals surface area contributed by atoms with Gasteiger partial charge in [0.05, 0.1) is 23.8 Å². The summed E-state index contributed by atoms with van der Waals surface area (Å²) in [5.41, 5.74) is 3.74. The summed E-state index contributed by atoms with van der Waals surface area (Å²) in [6.45, 7) is 1.18. The van der Waals surface area contributed by atoms with Crippen LogP contribution in [0.15, 0.2) is 35.3 Å². The number of fused-ring (bicyclic) bond motifs is 1.